The Labute approximate surface area is 180 Å². The quantitative estimate of drug-likeness (QED) is 0.444. The molecule has 2 aliphatic heterocycles. The van der Waals surface area contributed by atoms with Crippen molar-refractivity contribution >= 4 is 29.2 Å². The van der Waals surface area contributed by atoms with Gasteiger partial charge in [-0.2, -0.15) is 0 Å². The summed E-state index contributed by atoms with van der Waals surface area (Å²) in [6, 6.07) is 13.8. The standard InChI is InChI=1S/C23H24Cl2NO3/c1-26(2)19-11-12-20(26)14-21(13-19)29-22(27)23(28,15-3-7-17(24)8-4-15)16-5-9-18(25)10-6-16/h3-12,19-21,28H,13-14H2,1-2H3/q+1. The molecule has 29 heavy (non-hydrogen) atoms. The lowest BCUT2D eigenvalue weighted by Crippen LogP contribution is -2.57. The van der Waals surface area contributed by atoms with E-state index in [4.69, 9.17) is 27.9 Å². The zero-order chi connectivity index (χ0) is 20.8. The average Bonchev–Trinajstić information content (AvgIpc) is 2.85. The molecule has 2 heterocycles. The maximum Gasteiger partial charge on any atom is 0.347 e. The minimum absolute atomic E-state index is 0.246. The van der Waals surface area contributed by atoms with Gasteiger partial charge in [0.05, 0.1) is 14.1 Å². The highest BCUT2D eigenvalue weighted by atomic mass is 35.5. The smallest absolute Gasteiger partial charge is 0.347 e. The molecule has 4 rings (SSSR count). The normalized spacial score (nSPS) is 25.1. The second-order valence-electron chi connectivity index (χ2n) is 8.37. The number of carbonyl (C=O) groups excluding carboxylic acids is 1. The molecule has 0 aromatic heterocycles. The van der Waals surface area contributed by atoms with E-state index < -0.39 is 11.6 Å². The molecule has 1 saturated heterocycles. The summed E-state index contributed by atoms with van der Waals surface area (Å²) in [4.78, 5) is 13.3. The van der Waals surface area contributed by atoms with E-state index in [2.05, 4.69) is 26.2 Å². The minimum Gasteiger partial charge on any atom is -0.459 e. The molecule has 4 nitrogen and oxygen atoms in total. The number of benzene rings is 2. The van der Waals surface area contributed by atoms with Crippen LogP contribution >= 0.6 is 23.2 Å². The average molecular weight is 433 g/mol. The van der Waals surface area contributed by atoms with Crippen LogP contribution in [0.5, 0.6) is 0 Å². The van der Waals surface area contributed by atoms with Gasteiger partial charge in [0.1, 0.15) is 18.2 Å². The summed E-state index contributed by atoms with van der Waals surface area (Å²) in [6.07, 6.45) is 5.66. The number of aliphatic hydroxyl groups is 1. The Morgan fingerprint density at radius 3 is 1.76 bits per heavy atom. The number of ether oxygens (including phenoxy) is 1. The first-order valence-electron chi connectivity index (χ1n) is 9.68. The van der Waals surface area contributed by atoms with E-state index in [1.807, 2.05) is 0 Å². The van der Waals surface area contributed by atoms with Gasteiger partial charge in [0.15, 0.2) is 0 Å². The second kappa shape index (κ2) is 7.44. The Kier molecular flexibility index (Phi) is 5.24. The van der Waals surface area contributed by atoms with E-state index >= 15 is 0 Å². The first-order valence-corrected chi connectivity index (χ1v) is 10.4. The van der Waals surface area contributed by atoms with Crippen LogP contribution in [0.25, 0.3) is 0 Å². The lowest BCUT2D eigenvalue weighted by molar-refractivity contribution is -0.926. The fourth-order valence-electron chi connectivity index (χ4n) is 4.40. The number of hydrogen-bond donors (Lipinski definition) is 1. The van der Waals surface area contributed by atoms with Gasteiger partial charge in [0.25, 0.3) is 0 Å². The number of rotatable bonds is 4. The summed E-state index contributed by atoms with van der Waals surface area (Å²) in [6.45, 7) is 0. The molecule has 2 unspecified atom stereocenters. The maximum atomic E-state index is 13.3. The SMILES string of the molecule is C[N+]1(C)C2C=CC1CC(OC(=O)C(O)(c1ccc(Cl)cc1)c1ccc(Cl)cc1)C2. The van der Waals surface area contributed by atoms with E-state index in [-0.39, 0.29) is 6.10 Å². The maximum absolute atomic E-state index is 13.3. The first-order chi connectivity index (χ1) is 13.7. The van der Waals surface area contributed by atoms with Gasteiger partial charge >= 0.3 is 5.97 Å². The molecule has 2 aromatic rings. The third-order valence-electron chi connectivity index (χ3n) is 6.37. The highest BCUT2D eigenvalue weighted by Gasteiger charge is 2.49. The van der Waals surface area contributed by atoms with Gasteiger partial charge in [0, 0.05) is 22.9 Å². The summed E-state index contributed by atoms with van der Waals surface area (Å²) < 4.78 is 6.78. The van der Waals surface area contributed by atoms with Gasteiger partial charge in [-0.1, -0.05) is 47.5 Å². The number of halogens is 2. The van der Waals surface area contributed by atoms with Crippen LogP contribution in [0, 0.1) is 0 Å². The van der Waals surface area contributed by atoms with Gasteiger partial charge in [-0.25, -0.2) is 4.79 Å². The fraction of sp³-hybridized carbons (Fsp3) is 0.348. The van der Waals surface area contributed by atoms with Gasteiger partial charge in [-0.15, -0.1) is 0 Å². The molecule has 0 radical (unpaired) electrons. The first kappa shape index (κ1) is 20.4. The topological polar surface area (TPSA) is 46.5 Å². The van der Waals surface area contributed by atoms with E-state index in [1.54, 1.807) is 48.5 Å². The van der Waals surface area contributed by atoms with Crippen LogP contribution in [-0.4, -0.2) is 47.8 Å². The Hall–Kier alpha value is -1.85. The fourth-order valence-corrected chi connectivity index (χ4v) is 4.65. The van der Waals surface area contributed by atoms with Crippen LogP contribution in [0.2, 0.25) is 10.0 Å². The van der Waals surface area contributed by atoms with E-state index in [0.717, 1.165) is 17.3 Å². The third kappa shape index (κ3) is 3.59. The second-order valence-corrected chi connectivity index (χ2v) is 9.24. The molecule has 152 valence electrons. The molecule has 2 aromatic carbocycles. The monoisotopic (exact) mass is 432 g/mol. The predicted molar refractivity (Wildman–Crippen MR) is 114 cm³/mol. The summed E-state index contributed by atoms with van der Waals surface area (Å²) in [7, 11) is 4.40. The van der Waals surface area contributed by atoms with Crippen molar-refractivity contribution in [1.29, 1.82) is 0 Å². The molecular formula is C23H24Cl2NO3+. The molecule has 0 spiro atoms. The minimum atomic E-state index is -1.94. The van der Waals surface area contributed by atoms with Crippen molar-refractivity contribution in [3.63, 3.8) is 0 Å². The van der Waals surface area contributed by atoms with Crippen molar-refractivity contribution < 1.29 is 19.1 Å². The molecule has 2 atom stereocenters. The van der Waals surface area contributed by atoms with E-state index in [9.17, 15) is 9.90 Å². The molecular weight excluding hydrogens is 409 g/mol. The van der Waals surface area contributed by atoms with Crippen LogP contribution in [0.3, 0.4) is 0 Å². The Morgan fingerprint density at radius 2 is 1.34 bits per heavy atom. The van der Waals surface area contributed by atoms with Crippen LogP contribution < -0.4 is 0 Å². The van der Waals surface area contributed by atoms with Gasteiger partial charge in [-0.3, -0.25) is 0 Å². The molecule has 0 saturated carbocycles. The molecule has 2 aliphatic rings. The molecule has 1 fully saturated rings. The summed E-state index contributed by atoms with van der Waals surface area (Å²) >= 11 is 12.0. The Balaban J connectivity index is 1.64. The number of quaternary nitrogens is 1. The summed E-state index contributed by atoms with van der Waals surface area (Å²) in [5, 5.41) is 12.7. The number of esters is 1. The number of nitrogens with zero attached hydrogens (tertiary/aromatic N) is 1. The number of carbonyl (C=O) groups is 1. The Bertz CT molecular complexity index is 874. The molecule has 1 N–H and O–H groups in total. The lowest BCUT2D eigenvalue weighted by Gasteiger charge is -2.44. The number of likely N-dealkylation sites (N-methyl/N-ethyl adjacent to an activating group) is 1. The molecule has 6 heteroatoms. The van der Waals surface area contributed by atoms with Crippen molar-refractivity contribution in [3.8, 4) is 0 Å². The zero-order valence-corrected chi connectivity index (χ0v) is 17.9. The number of hydrogen-bond acceptors (Lipinski definition) is 3. The lowest BCUT2D eigenvalue weighted by atomic mass is 9.86. The Morgan fingerprint density at radius 1 is 0.931 bits per heavy atom. The van der Waals surface area contributed by atoms with Crippen LogP contribution in [0.15, 0.2) is 60.7 Å². The van der Waals surface area contributed by atoms with E-state index in [0.29, 0.717) is 33.3 Å². The van der Waals surface area contributed by atoms with Crippen LogP contribution in [-0.2, 0) is 15.1 Å². The van der Waals surface area contributed by atoms with Gasteiger partial charge < -0.3 is 14.3 Å². The van der Waals surface area contributed by atoms with Crippen molar-refractivity contribution in [2.45, 2.75) is 36.6 Å². The van der Waals surface area contributed by atoms with Crippen molar-refractivity contribution in [1.82, 2.24) is 0 Å². The van der Waals surface area contributed by atoms with Crippen LogP contribution in [0.4, 0.5) is 0 Å². The summed E-state index contributed by atoms with van der Waals surface area (Å²) in [5.74, 6) is -0.682. The highest BCUT2D eigenvalue weighted by molar-refractivity contribution is 6.30. The molecule has 0 aliphatic carbocycles. The van der Waals surface area contributed by atoms with Gasteiger partial charge in [0.2, 0.25) is 5.60 Å². The zero-order valence-electron chi connectivity index (χ0n) is 16.4. The largest absolute Gasteiger partial charge is 0.459 e. The number of piperidine rings is 1. The highest BCUT2D eigenvalue weighted by Crippen LogP contribution is 2.38. The number of fused-ring (bicyclic) bond motifs is 2. The summed E-state index contributed by atoms with van der Waals surface area (Å²) in [5.41, 5.74) is -1.13. The molecule has 2 bridgehead atoms. The third-order valence-corrected chi connectivity index (χ3v) is 6.87. The van der Waals surface area contributed by atoms with Crippen LogP contribution in [0.1, 0.15) is 24.0 Å². The van der Waals surface area contributed by atoms with Crippen molar-refractivity contribution in [3.05, 3.63) is 81.9 Å². The van der Waals surface area contributed by atoms with Crippen molar-refractivity contribution in [2.24, 2.45) is 0 Å². The van der Waals surface area contributed by atoms with Gasteiger partial charge in [-0.05, 0) is 47.5 Å². The van der Waals surface area contributed by atoms with E-state index in [1.165, 1.54) is 0 Å². The predicted octanol–water partition coefficient (Wildman–Crippen LogP) is 4.32. The molecule has 0 amide bonds. The van der Waals surface area contributed by atoms with Crippen molar-refractivity contribution in [2.75, 3.05) is 14.1 Å².